The molecule has 2 rings (SSSR count). The van der Waals surface area contributed by atoms with Crippen LogP contribution in [0.5, 0.6) is 0 Å². The number of fused-ring (bicyclic) bond motifs is 1. The number of carboxylic acid groups (broad SMARTS) is 2. The molecule has 0 radical (unpaired) electrons. The Morgan fingerprint density at radius 3 is 2.59 bits per heavy atom. The van der Waals surface area contributed by atoms with Crippen LogP contribution in [0.1, 0.15) is 22.2 Å². The van der Waals surface area contributed by atoms with E-state index in [1.54, 1.807) is 12.1 Å². The maximum Gasteiger partial charge on any atom is 0.371 e. The molecule has 0 spiro atoms. The quantitative estimate of drug-likeness (QED) is 0.736. The summed E-state index contributed by atoms with van der Waals surface area (Å²) in [6.45, 7) is 0. The van der Waals surface area contributed by atoms with E-state index in [1.165, 1.54) is 12.1 Å². The number of rotatable bonds is 3. The summed E-state index contributed by atoms with van der Waals surface area (Å²) >= 11 is 0. The van der Waals surface area contributed by atoms with Gasteiger partial charge in [0.1, 0.15) is 11.6 Å². The fraction of sp³-hybridized carbons (Fsp3) is 0.0909. The van der Waals surface area contributed by atoms with Gasteiger partial charge in [0.25, 0.3) is 0 Å². The standard InChI is InChI=1S/C11H9NO5/c12-8(11(15)16)6-3-1-2-5-4-7(10(13)14)17-9(5)6/h1-4,8H,12H2,(H,13,14)(H,15,16). The van der Waals surface area contributed by atoms with E-state index < -0.39 is 18.0 Å². The number of benzene rings is 1. The van der Waals surface area contributed by atoms with E-state index in [0.717, 1.165) is 0 Å². The summed E-state index contributed by atoms with van der Waals surface area (Å²) in [7, 11) is 0. The molecule has 1 unspecified atom stereocenters. The highest BCUT2D eigenvalue weighted by molar-refractivity contribution is 5.93. The van der Waals surface area contributed by atoms with Crippen LogP contribution in [0.2, 0.25) is 0 Å². The van der Waals surface area contributed by atoms with E-state index in [-0.39, 0.29) is 16.9 Å². The number of aromatic carboxylic acids is 1. The lowest BCUT2D eigenvalue weighted by Crippen LogP contribution is -2.20. The Hall–Kier alpha value is -2.34. The first kappa shape index (κ1) is 11.2. The summed E-state index contributed by atoms with van der Waals surface area (Å²) in [6, 6.07) is 4.81. The Labute approximate surface area is 95.3 Å². The zero-order valence-electron chi connectivity index (χ0n) is 8.58. The molecule has 1 aromatic carbocycles. The number of hydrogen-bond donors (Lipinski definition) is 3. The number of para-hydroxylation sites is 1. The summed E-state index contributed by atoms with van der Waals surface area (Å²) in [5.74, 6) is -2.66. The molecule has 0 aliphatic rings. The summed E-state index contributed by atoms with van der Waals surface area (Å²) in [5.41, 5.74) is 5.93. The van der Waals surface area contributed by atoms with Crippen LogP contribution in [0, 0.1) is 0 Å². The summed E-state index contributed by atoms with van der Waals surface area (Å²) in [4.78, 5) is 21.5. The third-order valence-electron chi connectivity index (χ3n) is 2.39. The van der Waals surface area contributed by atoms with E-state index >= 15 is 0 Å². The van der Waals surface area contributed by atoms with Crippen LogP contribution in [0.3, 0.4) is 0 Å². The van der Waals surface area contributed by atoms with Gasteiger partial charge in [-0.15, -0.1) is 0 Å². The molecule has 4 N–H and O–H groups in total. The van der Waals surface area contributed by atoms with Crippen molar-refractivity contribution in [1.82, 2.24) is 0 Å². The predicted molar refractivity (Wildman–Crippen MR) is 57.7 cm³/mol. The Bertz CT molecular complexity index is 601. The molecule has 6 heteroatoms. The largest absolute Gasteiger partial charge is 0.480 e. The van der Waals surface area contributed by atoms with Crippen molar-refractivity contribution in [1.29, 1.82) is 0 Å². The number of nitrogens with two attached hydrogens (primary N) is 1. The third kappa shape index (κ3) is 1.85. The zero-order valence-corrected chi connectivity index (χ0v) is 8.58. The first-order valence-corrected chi connectivity index (χ1v) is 4.75. The molecule has 0 saturated carbocycles. The van der Waals surface area contributed by atoms with E-state index in [9.17, 15) is 9.59 Å². The second-order valence-corrected chi connectivity index (χ2v) is 3.50. The van der Waals surface area contributed by atoms with Gasteiger partial charge in [0.05, 0.1) is 0 Å². The molecule has 0 aliphatic heterocycles. The molecular weight excluding hydrogens is 226 g/mol. The van der Waals surface area contributed by atoms with Gasteiger partial charge in [0.15, 0.2) is 0 Å². The SMILES string of the molecule is NC(C(=O)O)c1cccc2cc(C(=O)O)oc12. The molecular formula is C11H9NO5. The van der Waals surface area contributed by atoms with E-state index in [0.29, 0.717) is 5.39 Å². The lowest BCUT2D eigenvalue weighted by Gasteiger charge is -2.06. The van der Waals surface area contributed by atoms with Crippen LogP contribution in [0.15, 0.2) is 28.7 Å². The van der Waals surface area contributed by atoms with E-state index in [1.807, 2.05) is 0 Å². The van der Waals surface area contributed by atoms with Gasteiger partial charge in [-0.3, -0.25) is 4.79 Å². The molecule has 0 saturated heterocycles. The van der Waals surface area contributed by atoms with E-state index in [4.69, 9.17) is 20.4 Å². The van der Waals surface area contributed by atoms with Gasteiger partial charge in [0.2, 0.25) is 5.76 Å². The number of aliphatic carboxylic acids is 1. The Morgan fingerprint density at radius 2 is 2.00 bits per heavy atom. The minimum absolute atomic E-state index is 0.194. The molecule has 0 amide bonds. The number of hydrogen-bond acceptors (Lipinski definition) is 4. The molecule has 88 valence electrons. The molecule has 1 aromatic heterocycles. The maximum absolute atomic E-state index is 10.8. The average Bonchev–Trinajstić information content (AvgIpc) is 2.71. The van der Waals surface area contributed by atoms with Crippen molar-refractivity contribution >= 4 is 22.9 Å². The van der Waals surface area contributed by atoms with Crippen molar-refractivity contribution in [2.24, 2.45) is 5.73 Å². The lowest BCUT2D eigenvalue weighted by atomic mass is 10.1. The normalized spacial score (nSPS) is 12.5. The average molecular weight is 235 g/mol. The highest BCUT2D eigenvalue weighted by Crippen LogP contribution is 2.26. The van der Waals surface area contributed by atoms with Crippen LogP contribution in [-0.4, -0.2) is 22.2 Å². The molecule has 0 fully saturated rings. The van der Waals surface area contributed by atoms with Gasteiger partial charge in [-0.1, -0.05) is 18.2 Å². The Morgan fingerprint density at radius 1 is 1.29 bits per heavy atom. The van der Waals surface area contributed by atoms with Crippen LogP contribution >= 0.6 is 0 Å². The molecule has 0 aliphatic carbocycles. The minimum Gasteiger partial charge on any atom is -0.480 e. The molecule has 6 nitrogen and oxygen atoms in total. The van der Waals surface area contributed by atoms with Crippen LogP contribution in [0.25, 0.3) is 11.0 Å². The second-order valence-electron chi connectivity index (χ2n) is 3.50. The van der Waals surface area contributed by atoms with Crippen molar-refractivity contribution in [3.05, 3.63) is 35.6 Å². The van der Waals surface area contributed by atoms with E-state index in [2.05, 4.69) is 0 Å². The minimum atomic E-state index is -1.24. The maximum atomic E-state index is 10.8. The summed E-state index contributed by atoms with van der Waals surface area (Å²) in [5, 5.41) is 18.1. The first-order chi connectivity index (χ1) is 8.00. The second kappa shape index (κ2) is 3.91. The first-order valence-electron chi connectivity index (χ1n) is 4.75. The zero-order chi connectivity index (χ0) is 12.6. The highest BCUT2D eigenvalue weighted by Gasteiger charge is 2.20. The molecule has 1 heterocycles. The molecule has 2 aromatic rings. The third-order valence-corrected chi connectivity index (χ3v) is 2.39. The molecule has 17 heavy (non-hydrogen) atoms. The lowest BCUT2D eigenvalue weighted by molar-refractivity contribution is -0.138. The molecule has 0 bridgehead atoms. The van der Waals surface area contributed by atoms with Crippen molar-refractivity contribution in [3.8, 4) is 0 Å². The smallest absolute Gasteiger partial charge is 0.371 e. The monoisotopic (exact) mass is 235 g/mol. The van der Waals surface area contributed by atoms with Gasteiger partial charge in [-0.25, -0.2) is 4.79 Å². The van der Waals surface area contributed by atoms with Crippen molar-refractivity contribution in [2.75, 3.05) is 0 Å². The fourth-order valence-electron chi connectivity index (χ4n) is 1.57. The fourth-order valence-corrected chi connectivity index (χ4v) is 1.57. The van der Waals surface area contributed by atoms with Gasteiger partial charge >= 0.3 is 11.9 Å². The topological polar surface area (TPSA) is 114 Å². The van der Waals surface area contributed by atoms with Crippen molar-refractivity contribution in [2.45, 2.75) is 6.04 Å². The Balaban J connectivity index is 2.64. The van der Waals surface area contributed by atoms with Crippen LogP contribution < -0.4 is 5.73 Å². The van der Waals surface area contributed by atoms with Gasteiger partial charge < -0.3 is 20.4 Å². The Kier molecular flexibility index (Phi) is 2.57. The summed E-state index contributed by atoms with van der Waals surface area (Å²) < 4.78 is 5.09. The van der Waals surface area contributed by atoms with Gasteiger partial charge in [0, 0.05) is 10.9 Å². The number of furan rings is 1. The number of carboxylic acids is 2. The molecule has 1 atom stereocenters. The summed E-state index contributed by atoms with van der Waals surface area (Å²) in [6.07, 6.45) is 0. The predicted octanol–water partition coefficient (Wildman–Crippen LogP) is 1.22. The van der Waals surface area contributed by atoms with Gasteiger partial charge in [-0.2, -0.15) is 0 Å². The number of carbonyl (C=O) groups is 2. The van der Waals surface area contributed by atoms with Crippen LogP contribution in [0.4, 0.5) is 0 Å². The van der Waals surface area contributed by atoms with Gasteiger partial charge in [-0.05, 0) is 6.07 Å². The van der Waals surface area contributed by atoms with Crippen LogP contribution in [-0.2, 0) is 4.79 Å². The van der Waals surface area contributed by atoms with Crippen molar-refractivity contribution < 1.29 is 24.2 Å². The highest BCUT2D eigenvalue weighted by atomic mass is 16.4. The van der Waals surface area contributed by atoms with Crippen molar-refractivity contribution in [3.63, 3.8) is 0 Å².